The Labute approximate surface area is 117 Å². The molecular weight excluding hydrogens is 244 g/mol. The Bertz CT molecular complexity index is 261. The van der Waals surface area contributed by atoms with Gasteiger partial charge in [-0.1, -0.05) is 43.9 Å². The monoisotopic (exact) mass is 270 g/mol. The molecule has 0 aromatic carbocycles. The number of hydrogen-bond acceptors (Lipinski definition) is 2. The maximum Gasteiger partial charge on any atom is 0.0224 e. The van der Waals surface area contributed by atoms with Crippen LogP contribution in [0.25, 0.3) is 0 Å². The summed E-state index contributed by atoms with van der Waals surface area (Å²) in [4.78, 5) is 2.61. The Kier molecular flexibility index (Phi) is 6.00. The normalized spacial score (nSPS) is 32.1. The largest absolute Gasteiger partial charge is 0.311 e. The fourth-order valence-corrected chi connectivity index (χ4v) is 3.62. The van der Waals surface area contributed by atoms with Crippen LogP contribution in [0, 0.1) is 5.92 Å². The Morgan fingerprint density at radius 2 is 2.06 bits per heavy atom. The van der Waals surface area contributed by atoms with Crippen LogP contribution in [-0.2, 0) is 0 Å². The van der Waals surface area contributed by atoms with Gasteiger partial charge < -0.3 is 5.32 Å². The fourth-order valence-electron chi connectivity index (χ4n) is 3.54. The van der Waals surface area contributed by atoms with Crippen LogP contribution in [0.2, 0.25) is 0 Å². The van der Waals surface area contributed by atoms with Gasteiger partial charge in [-0.25, -0.2) is 0 Å². The van der Waals surface area contributed by atoms with E-state index in [-0.39, 0.29) is 0 Å². The van der Waals surface area contributed by atoms with Crippen LogP contribution in [0.15, 0.2) is 11.6 Å². The van der Waals surface area contributed by atoms with Crippen LogP contribution >= 0.6 is 11.6 Å². The number of rotatable bonds is 4. The zero-order valence-corrected chi connectivity index (χ0v) is 12.3. The first-order valence-corrected chi connectivity index (χ1v) is 8.01. The van der Waals surface area contributed by atoms with E-state index in [1.54, 1.807) is 5.54 Å². The van der Waals surface area contributed by atoms with Crippen LogP contribution in [0.5, 0.6) is 0 Å². The maximum atomic E-state index is 5.67. The molecule has 0 spiro atoms. The van der Waals surface area contributed by atoms with Crippen molar-refractivity contribution in [1.82, 2.24) is 10.2 Å². The average molecular weight is 271 g/mol. The van der Waals surface area contributed by atoms with Gasteiger partial charge in [0.1, 0.15) is 0 Å². The molecule has 3 heteroatoms. The minimum absolute atomic E-state index is 0.678. The predicted molar refractivity (Wildman–Crippen MR) is 79.0 cm³/mol. The third-order valence-corrected chi connectivity index (χ3v) is 4.86. The van der Waals surface area contributed by atoms with Gasteiger partial charge in [-0.15, -0.1) is 0 Å². The molecule has 1 heterocycles. The lowest BCUT2D eigenvalue weighted by atomic mass is 9.82. The van der Waals surface area contributed by atoms with Crippen molar-refractivity contribution in [2.75, 3.05) is 19.6 Å². The third-order valence-electron chi connectivity index (χ3n) is 4.68. The lowest BCUT2D eigenvalue weighted by Crippen LogP contribution is -2.58. The molecule has 2 aliphatic rings. The molecular formula is C15H27ClN2. The molecule has 1 saturated heterocycles. The van der Waals surface area contributed by atoms with Crippen LogP contribution in [0.4, 0.5) is 0 Å². The molecule has 0 bridgehead atoms. The highest BCUT2D eigenvalue weighted by atomic mass is 35.5. The maximum absolute atomic E-state index is 5.67. The second-order valence-electron chi connectivity index (χ2n) is 5.79. The quantitative estimate of drug-likeness (QED) is 0.843. The summed E-state index contributed by atoms with van der Waals surface area (Å²) in [6, 6.07) is 1.38. The summed E-state index contributed by atoms with van der Waals surface area (Å²) in [5.41, 5.74) is 1.66. The van der Waals surface area contributed by atoms with E-state index in [4.69, 9.17) is 11.6 Å². The summed E-state index contributed by atoms with van der Waals surface area (Å²) < 4.78 is 0. The van der Waals surface area contributed by atoms with Crippen molar-refractivity contribution in [3.63, 3.8) is 0 Å². The van der Waals surface area contributed by atoms with Gasteiger partial charge in [-0.2, -0.15) is 0 Å². The highest BCUT2D eigenvalue weighted by Crippen LogP contribution is 2.28. The van der Waals surface area contributed by atoms with Gasteiger partial charge in [0, 0.05) is 37.3 Å². The molecule has 18 heavy (non-hydrogen) atoms. The average Bonchev–Trinajstić information content (AvgIpc) is 2.45. The summed E-state index contributed by atoms with van der Waals surface area (Å²) >= 11 is 5.67. The van der Waals surface area contributed by atoms with Crippen LogP contribution in [0.1, 0.15) is 45.4 Å². The van der Waals surface area contributed by atoms with E-state index in [1.807, 2.05) is 0 Å². The van der Waals surface area contributed by atoms with Crippen molar-refractivity contribution in [2.45, 2.75) is 57.5 Å². The number of nitrogens with zero attached hydrogens (tertiary/aromatic N) is 1. The van der Waals surface area contributed by atoms with Crippen molar-refractivity contribution < 1.29 is 0 Å². The van der Waals surface area contributed by atoms with Crippen LogP contribution in [-0.4, -0.2) is 36.6 Å². The Morgan fingerprint density at radius 1 is 1.28 bits per heavy atom. The first-order valence-electron chi connectivity index (χ1n) is 7.57. The molecule has 0 amide bonds. The minimum Gasteiger partial charge on any atom is -0.311 e. The van der Waals surface area contributed by atoms with E-state index in [0.29, 0.717) is 12.1 Å². The van der Waals surface area contributed by atoms with Gasteiger partial charge in [0.05, 0.1) is 0 Å². The van der Waals surface area contributed by atoms with Crippen LogP contribution < -0.4 is 5.32 Å². The van der Waals surface area contributed by atoms with Crippen molar-refractivity contribution in [3.05, 3.63) is 11.6 Å². The lowest BCUT2D eigenvalue weighted by molar-refractivity contribution is 0.104. The molecule has 2 nitrogen and oxygen atoms in total. The van der Waals surface area contributed by atoms with Crippen molar-refractivity contribution >= 4 is 11.6 Å². The summed E-state index contributed by atoms with van der Waals surface area (Å²) in [6.45, 7) is 5.63. The third kappa shape index (κ3) is 3.72. The summed E-state index contributed by atoms with van der Waals surface area (Å²) in [6.07, 6.45) is 10.5. The molecule has 2 unspecified atom stereocenters. The second kappa shape index (κ2) is 7.52. The van der Waals surface area contributed by atoms with E-state index in [2.05, 4.69) is 23.2 Å². The predicted octanol–water partition coefficient (Wildman–Crippen LogP) is 3.37. The fraction of sp³-hybridized carbons (Fsp3) is 0.867. The number of halogens is 1. The topological polar surface area (TPSA) is 15.3 Å². The minimum atomic E-state index is 0.678. The molecule has 1 saturated carbocycles. The molecule has 2 atom stereocenters. The molecule has 2 rings (SSSR count). The number of nitrogens with one attached hydrogen (secondary N) is 1. The van der Waals surface area contributed by atoms with E-state index in [1.165, 1.54) is 45.1 Å². The molecule has 2 fully saturated rings. The first-order chi connectivity index (χ1) is 8.85. The molecule has 1 aliphatic carbocycles. The van der Waals surface area contributed by atoms with E-state index in [9.17, 15) is 0 Å². The number of piperazine rings is 1. The Hall–Kier alpha value is -0.0500. The van der Waals surface area contributed by atoms with Crippen molar-refractivity contribution in [2.24, 2.45) is 5.92 Å². The van der Waals surface area contributed by atoms with Gasteiger partial charge in [-0.05, 0) is 25.2 Å². The zero-order valence-electron chi connectivity index (χ0n) is 11.6. The molecule has 1 aliphatic heterocycles. The SMILES string of the molecule is CCC1CNC(C2CCCCC2)CN1C/C=C/Cl. The van der Waals surface area contributed by atoms with Gasteiger partial charge in [0.15, 0.2) is 0 Å². The van der Waals surface area contributed by atoms with E-state index < -0.39 is 0 Å². The van der Waals surface area contributed by atoms with Gasteiger partial charge in [0.2, 0.25) is 0 Å². The second-order valence-corrected chi connectivity index (χ2v) is 6.04. The summed E-state index contributed by atoms with van der Waals surface area (Å²) in [7, 11) is 0. The zero-order chi connectivity index (χ0) is 12.8. The molecule has 0 radical (unpaired) electrons. The molecule has 104 valence electrons. The van der Waals surface area contributed by atoms with Crippen molar-refractivity contribution in [1.29, 1.82) is 0 Å². The molecule has 0 aromatic rings. The van der Waals surface area contributed by atoms with Gasteiger partial charge in [-0.3, -0.25) is 4.90 Å². The van der Waals surface area contributed by atoms with E-state index in [0.717, 1.165) is 19.0 Å². The highest BCUT2D eigenvalue weighted by molar-refractivity contribution is 6.25. The van der Waals surface area contributed by atoms with E-state index >= 15 is 0 Å². The first kappa shape index (κ1) is 14.4. The van der Waals surface area contributed by atoms with Crippen molar-refractivity contribution in [3.8, 4) is 0 Å². The lowest BCUT2D eigenvalue weighted by Gasteiger charge is -2.43. The molecule has 0 aromatic heterocycles. The Balaban J connectivity index is 1.90. The number of hydrogen-bond donors (Lipinski definition) is 1. The summed E-state index contributed by atoms with van der Waals surface area (Å²) in [5, 5.41) is 3.80. The smallest absolute Gasteiger partial charge is 0.0224 e. The summed E-state index contributed by atoms with van der Waals surface area (Å²) in [5.74, 6) is 0.902. The molecule has 1 N–H and O–H groups in total. The standard InChI is InChI=1S/C15H27ClN2/c1-2-14-11-17-15(12-18(14)10-6-9-16)13-7-4-3-5-8-13/h6,9,13-15,17H,2-5,7-8,10-12H2,1H3/b9-6+. The highest BCUT2D eigenvalue weighted by Gasteiger charge is 2.31. The van der Waals surface area contributed by atoms with Crippen LogP contribution in [0.3, 0.4) is 0 Å². The van der Waals surface area contributed by atoms with Gasteiger partial charge in [0.25, 0.3) is 0 Å². The Morgan fingerprint density at radius 3 is 2.72 bits per heavy atom. The van der Waals surface area contributed by atoms with Gasteiger partial charge >= 0.3 is 0 Å².